The number of benzene rings is 1. The Hall–Kier alpha value is -1.59. The lowest BCUT2D eigenvalue weighted by molar-refractivity contribution is 0.295. The SMILES string of the molecule is C[C@H]1C[C@@H](c2nc(-c3ccc4c(c3)CCO4)no2)CCN1.Cl. The van der Waals surface area contributed by atoms with E-state index in [4.69, 9.17) is 9.26 Å². The van der Waals surface area contributed by atoms with Gasteiger partial charge in [0.15, 0.2) is 0 Å². The Kier molecular flexibility index (Phi) is 4.36. The van der Waals surface area contributed by atoms with Crippen molar-refractivity contribution in [3.05, 3.63) is 29.7 Å². The van der Waals surface area contributed by atoms with Crippen molar-refractivity contribution in [1.82, 2.24) is 15.5 Å². The summed E-state index contributed by atoms with van der Waals surface area (Å²) in [6, 6.07) is 6.63. The monoisotopic (exact) mass is 321 g/mol. The molecule has 2 aliphatic heterocycles. The largest absolute Gasteiger partial charge is 0.493 e. The molecule has 1 aromatic heterocycles. The summed E-state index contributed by atoms with van der Waals surface area (Å²) in [5.74, 6) is 2.82. The minimum atomic E-state index is 0. The number of hydrogen-bond donors (Lipinski definition) is 1. The van der Waals surface area contributed by atoms with Crippen LogP contribution in [-0.4, -0.2) is 29.3 Å². The fourth-order valence-corrected chi connectivity index (χ4v) is 3.20. The lowest BCUT2D eigenvalue weighted by Gasteiger charge is -2.25. The van der Waals surface area contributed by atoms with Gasteiger partial charge in [-0.15, -0.1) is 12.4 Å². The van der Waals surface area contributed by atoms with Crippen molar-refractivity contribution in [3.8, 4) is 17.1 Å². The summed E-state index contributed by atoms with van der Waals surface area (Å²) in [5.41, 5.74) is 2.24. The summed E-state index contributed by atoms with van der Waals surface area (Å²) >= 11 is 0. The molecule has 0 radical (unpaired) electrons. The third-order valence-corrected chi connectivity index (χ3v) is 4.36. The molecule has 1 fully saturated rings. The standard InChI is InChI=1S/C16H19N3O2.ClH/c1-10-8-13(4-6-17-10)16-18-15(19-21-16)12-2-3-14-11(9-12)5-7-20-14;/h2-3,9-10,13,17H,4-8H2,1H3;1H/t10-,13-;/m0./s1. The van der Waals surface area contributed by atoms with Crippen LogP contribution < -0.4 is 10.1 Å². The Balaban J connectivity index is 0.00000144. The van der Waals surface area contributed by atoms with E-state index in [0.29, 0.717) is 17.8 Å². The van der Waals surface area contributed by atoms with Gasteiger partial charge in [-0.2, -0.15) is 4.98 Å². The number of nitrogens with one attached hydrogen (secondary N) is 1. The Morgan fingerprint density at radius 1 is 1.32 bits per heavy atom. The van der Waals surface area contributed by atoms with E-state index in [1.807, 2.05) is 12.1 Å². The van der Waals surface area contributed by atoms with Gasteiger partial charge in [0.2, 0.25) is 11.7 Å². The molecular formula is C16H20ClN3O2. The van der Waals surface area contributed by atoms with Crippen LogP contribution >= 0.6 is 12.4 Å². The lowest BCUT2D eigenvalue weighted by atomic mass is 9.93. The molecule has 0 amide bonds. The van der Waals surface area contributed by atoms with E-state index in [2.05, 4.69) is 28.4 Å². The first-order valence-electron chi connectivity index (χ1n) is 7.62. The van der Waals surface area contributed by atoms with Crippen molar-refractivity contribution in [2.75, 3.05) is 13.2 Å². The van der Waals surface area contributed by atoms with Gasteiger partial charge in [0.25, 0.3) is 0 Å². The maximum atomic E-state index is 5.53. The minimum Gasteiger partial charge on any atom is -0.493 e. The Morgan fingerprint density at radius 3 is 3.09 bits per heavy atom. The molecule has 2 aromatic rings. The molecule has 2 aliphatic rings. The number of hydrogen-bond acceptors (Lipinski definition) is 5. The molecular weight excluding hydrogens is 302 g/mol. The van der Waals surface area contributed by atoms with Crippen LogP contribution in [0.2, 0.25) is 0 Å². The van der Waals surface area contributed by atoms with Crippen molar-refractivity contribution in [2.24, 2.45) is 0 Å². The molecule has 0 spiro atoms. The van der Waals surface area contributed by atoms with Crippen LogP contribution in [0.5, 0.6) is 5.75 Å². The number of nitrogens with zero attached hydrogens (tertiary/aromatic N) is 2. The fourth-order valence-electron chi connectivity index (χ4n) is 3.20. The molecule has 22 heavy (non-hydrogen) atoms. The number of ether oxygens (including phenoxy) is 1. The van der Waals surface area contributed by atoms with Crippen LogP contribution in [0, 0.1) is 0 Å². The van der Waals surface area contributed by atoms with Gasteiger partial charge in [-0.05, 0) is 50.1 Å². The first-order valence-corrected chi connectivity index (χ1v) is 7.62. The fraction of sp³-hybridized carbons (Fsp3) is 0.500. The first-order chi connectivity index (χ1) is 10.3. The summed E-state index contributed by atoms with van der Waals surface area (Å²) in [5, 5.41) is 7.61. The summed E-state index contributed by atoms with van der Waals surface area (Å²) < 4.78 is 11.0. The number of piperidine rings is 1. The molecule has 0 unspecified atom stereocenters. The summed E-state index contributed by atoms with van der Waals surface area (Å²) in [6.45, 7) is 3.98. The summed E-state index contributed by atoms with van der Waals surface area (Å²) in [7, 11) is 0. The lowest BCUT2D eigenvalue weighted by Crippen LogP contribution is -2.34. The maximum Gasteiger partial charge on any atom is 0.230 e. The van der Waals surface area contributed by atoms with Crippen molar-refractivity contribution in [3.63, 3.8) is 0 Å². The molecule has 0 bridgehead atoms. The highest BCUT2D eigenvalue weighted by Crippen LogP contribution is 2.31. The Bertz CT molecular complexity index is 659. The first kappa shape index (κ1) is 15.3. The van der Waals surface area contributed by atoms with E-state index >= 15 is 0 Å². The topological polar surface area (TPSA) is 60.2 Å². The van der Waals surface area contributed by atoms with Crippen molar-refractivity contribution >= 4 is 12.4 Å². The second-order valence-corrected chi connectivity index (χ2v) is 5.95. The highest BCUT2D eigenvalue weighted by atomic mass is 35.5. The zero-order valence-corrected chi connectivity index (χ0v) is 13.4. The zero-order chi connectivity index (χ0) is 14.2. The zero-order valence-electron chi connectivity index (χ0n) is 12.5. The van der Waals surface area contributed by atoms with Crippen molar-refractivity contribution < 1.29 is 9.26 Å². The maximum absolute atomic E-state index is 5.53. The van der Waals surface area contributed by atoms with Gasteiger partial charge in [-0.25, -0.2) is 0 Å². The third-order valence-electron chi connectivity index (χ3n) is 4.36. The highest BCUT2D eigenvalue weighted by Gasteiger charge is 2.25. The van der Waals surface area contributed by atoms with Crippen molar-refractivity contribution in [2.45, 2.75) is 38.1 Å². The van der Waals surface area contributed by atoms with E-state index in [1.54, 1.807) is 0 Å². The number of rotatable bonds is 2. The van der Waals surface area contributed by atoms with Crippen LogP contribution in [0.25, 0.3) is 11.4 Å². The van der Waals surface area contributed by atoms with Crippen LogP contribution in [-0.2, 0) is 6.42 Å². The van der Waals surface area contributed by atoms with Gasteiger partial charge in [0.05, 0.1) is 6.61 Å². The molecule has 6 heteroatoms. The smallest absolute Gasteiger partial charge is 0.230 e. The summed E-state index contributed by atoms with van der Waals surface area (Å²) in [4.78, 5) is 4.62. The van der Waals surface area contributed by atoms with Gasteiger partial charge < -0.3 is 14.6 Å². The molecule has 118 valence electrons. The quantitative estimate of drug-likeness (QED) is 0.921. The molecule has 2 atom stereocenters. The number of fused-ring (bicyclic) bond motifs is 1. The van der Waals surface area contributed by atoms with Gasteiger partial charge >= 0.3 is 0 Å². The Labute approximate surface area is 135 Å². The number of halogens is 1. The van der Waals surface area contributed by atoms with Gasteiger partial charge in [0.1, 0.15) is 5.75 Å². The number of aromatic nitrogens is 2. The average molecular weight is 322 g/mol. The second-order valence-electron chi connectivity index (χ2n) is 5.95. The molecule has 1 aromatic carbocycles. The van der Waals surface area contributed by atoms with E-state index in [1.165, 1.54) is 5.56 Å². The van der Waals surface area contributed by atoms with Gasteiger partial charge in [-0.1, -0.05) is 5.16 Å². The van der Waals surface area contributed by atoms with Crippen LogP contribution in [0.3, 0.4) is 0 Å². The highest BCUT2D eigenvalue weighted by molar-refractivity contribution is 5.85. The van der Waals surface area contributed by atoms with Crippen LogP contribution in [0.4, 0.5) is 0 Å². The van der Waals surface area contributed by atoms with Crippen LogP contribution in [0.15, 0.2) is 22.7 Å². The summed E-state index contributed by atoms with van der Waals surface area (Å²) in [6.07, 6.45) is 3.07. The van der Waals surface area contributed by atoms with Crippen molar-refractivity contribution in [1.29, 1.82) is 0 Å². The van der Waals surface area contributed by atoms with Gasteiger partial charge in [-0.3, -0.25) is 0 Å². The van der Waals surface area contributed by atoms with E-state index < -0.39 is 0 Å². The van der Waals surface area contributed by atoms with E-state index in [-0.39, 0.29) is 12.4 Å². The van der Waals surface area contributed by atoms with E-state index in [9.17, 15) is 0 Å². The van der Waals surface area contributed by atoms with Gasteiger partial charge in [0, 0.05) is 23.9 Å². The molecule has 3 heterocycles. The third kappa shape index (κ3) is 2.83. The predicted molar refractivity (Wildman–Crippen MR) is 85.6 cm³/mol. The average Bonchev–Trinajstić information content (AvgIpc) is 3.15. The molecule has 0 saturated carbocycles. The molecule has 0 aliphatic carbocycles. The Morgan fingerprint density at radius 2 is 2.23 bits per heavy atom. The predicted octanol–water partition coefficient (Wildman–Crippen LogP) is 2.95. The van der Waals surface area contributed by atoms with E-state index in [0.717, 1.165) is 49.6 Å². The minimum absolute atomic E-state index is 0. The van der Waals surface area contributed by atoms with Crippen LogP contribution in [0.1, 0.15) is 37.1 Å². The second kappa shape index (κ2) is 6.26. The molecule has 1 saturated heterocycles. The molecule has 1 N–H and O–H groups in total. The molecule has 4 rings (SSSR count). The molecule has 5 nitrogen and oxygen atoms in total. The normalized spacial score (nSPS) is 23.5.